The van der Waals surface area contributed by atoms with Crippen molar-refractivity contribution in [3.05, 3.63) is 23.8 Å². The van der Waals surface area contributed by atoms with Crippen LogP contribution in [0.15, 0.2) is 18.2 Å². The first-order valence-corrected chi connectivity index (χ1v) is 6.83. The van der Waals surface area contributed by atoms with Gasteiger partial charge in [-0.25, -0.2) is 4.79 Å². The molecule has 2 aliphatic heterocycles. The number of hydrogen-bond donors (Lipinski definition) is 1. The number of carbonyl (C=O) groups excluding carboxylic acids is 1. The molecule has 1 saturated heterocycles. The molecule has 6 heteroatoms. The van der Waals surface area contributed by atoms with Crippen LogP contribution in [0.2, 0.25) is 0 Å². The normalized spacial score (nSPS) is 18.0. The van der Waals surface area contributed by atoms with Gasteiger partial charge in [0, 0.05) is 32.7 Å². The lowest BCUT2D eigenvalue weighted by atomic mass is 10.2. The molecule has 108 valence electrons. The molecule has 0 bridgehead atoms. The first kappa shape index (κ1) is 13.2. The Bertz CT molecular complexity index is 486. The summed E-state index contributed by atoms with van der Waals surface area (Å²) in [5.74, 6) is 0.947. The number of esters is 1. The second-order valence-electron chi connectivity index (χ2n) is 4.80. The van der Waals surface area contributed by atoms with Crippen molar-refractivity contribution in [2.24, 2.45) is 0 Å². The van der Waals surface area contributed by atoms with Crippen LogP contribution in [0.5, 0.6) is 11.5 Å². The van der Waals surface area contributed by atoms with E-state index in [4.69, 9.17) is 14.2 Å². The summed E-state index contributed by atoms with van der Waals surface area (Å²) in [6.45, 7) is 5.39. The Morgan fingerprint density at radius 3 is 2.90 bits per heavy atom. The van der Waals surface area contributed by atoms with Gasteiger partial charge in [-0.2, -0.15) is 0 Å². The van der Waals surface area contributed by atoms with Gasteiger partial charge < -0.3 is 19.5 Å². The predicted molar refractivity (Wildman–Crippen MR) is 72.2 cm³/mol. The third-order valence-corrected chi connectivity index (χ3v) is 3.46. The number of piperazine rings is 1. The number of hydrogen-bond acceptors (Lipinski definition) is 6. The van der Waals surface area contributed by atoms with E-state index in [1.54, 1.807) is 18.2 Å². The van der Waals surface area contributed by atoms with E-state index < -0.39 is 0 Å². The molecule has 0 unspecified atom stereocenters. The molecule has 2 heterocycles. The van der Waals surface area contributed by atoms with Crippen LogP contribution < -0.4 is 14.8 Å². The Hall–Kier alpha value is -1.79. The van der Waals surface area contributed by atoms with Crippen molar-refractivity contribution in [3.63, 3.8) is 0 Å². The molecule has 1 aromatic rings. The van der Waals surface area contributed by atoms with E-state index in [0.717, 1.165) is 32.7 Å². The smallest absolute Gasteiger partial charge is 0.338 e. The maximum atomic E-state index is 11.9. The highest BCUT2D eigenvalue weighted by Crippen LogP contribution is 2.32. The Morgan fingerprint density at radius 1 is 1.25 bits per heavy atom. The van der Waals surface area contributed by atoms with Crippen LogP contribution in [-0.4, -0.2) is 57.0 Å². The Morgan fingerprint density at radius 2 is 2.05 bits per heavy atom. The molecule has 0 radical (unpaired) electrons. The maximum Gasteiger partial charge on any atom is 0.338 e. The van der Waals surface area contributed by atoms with Gasteiger partial charge in [-0.15, -0.1) is 0 Å². The van der Waals surface area contributed by atoms with Crippen LogP contribution in [0.25, 0.3) is 0 Å². The van der Waals surface area contributed by atoms with Gasteiger partial charge in [-0.1, -0.05) is 0 Å². The molecule has 0 spiro atoms. The molecular formula is C14H18N2O4. The van der Waals surface area contributed by atoms with Crippen LogP contribution in [0, 0.1) is 0 Å². The van der Waals surface area contributed by atoms with Gasteiger partial charge in [0.05, 0.1) is 5.56 Å². The van der Waals surface area contributed by atoms with E-state index in [0.29, 0.717) is 23.7 Å². The van der Waals surface area contributed by atoms with E-state index >= 15 is 0 Å². The third-order valence-electron chi connectivity index (χ3n) is 3.46. The number of ether oxygens (including phenoxy) is 3. The van der Waals surface area contributed by atoms with Crippen molar-refractivity contribution in [2.75, 3.05) is 46.1 Å². The average Bonchev–Trinajstić information content (AvgIpc) is 2.95. The number of carbonyl (C=O) groups is 1. The minimum absolute atomic E-state index is 0.205. The number of nitrogens with zero attached hydrogens (tertiary/aromatic N) is 1. The van der Waals surface area contributed by atoms with Crippen LogP contribution >= 0.6 is 0 Å². The highest BCUT2D eigenvalue weighted by atomic mass is 16.7. The van der Waals surface area contributed by atoms with Gasteiger partial charge in [-0.3, -0.25) is 4.90 Å². The molecule has 0 aromatic heterocycles. The number of fused-ring (bicyclic) bond motifs is 1. The summed E-state index contributed by atoms with van der Waals surface area (Å²) in [6, 6.07) is 5.09. The summed E-state index contributed by atoms with van der Waals surface area (Å²) in [5.41, 5.74) is 0.495. The number of benzene rings is 1. The highest BCUT2D eigenvalue weighted by molar-refractivity contribution is 5.90. The Labute approximate surface area is 117 Å². The van der Waals surface area contributed by atoms with Gasteiger partial charge in [-0.05, 0) is 18.2 Å². The van der Waals surface area contributed by atoms with Crippen molar-refractivity contribution >= 4 is 5.97 Å². The molecule has 3 rings (SSSR count). The summed E-state index contributed by atoms with van der Waals surface area (Å²) in [7, 11) is 0. The van der Waals surface area contributed by atoms with Crippen molar-refractivity contribution in [2.45, 2.75) is 0 Å². The van der Waals surface area contributed by atoms with Crippen molar-refractivity contribution in [1.29, 1.82) is 0 Å². The zero-order valence-electron chi connectivity index (χ0n) is 11.3. The Kier molecular flexibility index (Phi) is 4.03. The van der Waals surface area contributed by atoms with Crippen LogP contribution in [0.1, 0.15) is 10.4 Å². The number of nitrogens with one attached hydrogen (secondary N) is 1. The summed E-state index contributed by atoms with van der Waals surface area (Å²) in [4.78, 5) is 14.2. The quantitative estimate of drug-likeness (QED) is 0.808. The molecule has 0 atom stereocenters. The fourth-order valence-corrected chi connectivity index (χ4v) is 2.31. The molecule has 0 amide bonds. The lowest BCUT2D eigenvalue weighted by Crippen LogP contribution is -2.44. The van der Waals surface area contributed by atoms with E-state index in [1.807, 2.05) is 0 Å². The standard InChI is InChI=1S/C14H18N2O4/c17-14(18-8-7-16-5-3-15-4-6-16)11-1-2-12-13(9-11)20-10-19-12/h1-2,9,15H,3-8,10H2. The third kappa shape index (κ3) is 3.02. The minimum Gasteiger partial charge on any atom is -0.461 e. The maximum absolute atomic E-state index is 11.9. The van der Waals surface area contributed by atoms with Crippen LogP contribution in [0.4, 0.5) is 0 Å². The monoisotopic (exact) mass is 278 g/mol. The predicted octanol–water partition coefficient (Wildman–Crippen LogP) is 0.477. The first-order chi connectivity index (χ1) is 9.83. The second kappa shape index (κ2) is 6.11. The molecular weight excluding hydrogens is 260 g/mol. The average molecular weight is 278 g/mol. The van der Waals surface area contributed by atoms with E-state index in [9.17, 15) is 4.79 Å². The van der Waals surface area contributed by atoms with Crippen molar-refractivity contribution in [3.8, 4) is 11.5 Å². The highest BCUT2D eigenvalue weighted by Gasteiger charge is 2.17. The zero-order valence-corrected chi connectivity index (χ0v) is 11.3. The van der Waals surface area contributed by atoms with E-state index in [1.165, 1.54) is 0 Å². The molecule has 1 aromatic carbocycles. The summed E-state index contributed by atoms with van der Waals surface area (Å²) < 4.78 is 15.7. The summed E-state index contributed by atoms with van der Waals surface area (Å²) in [5, 5.41) is 3.29. The second-order valence-corrected chi connectivity index (χ2v) is 4.80. The van der Waals surface area contributed by atoms with Crippen molar-refractivity contribution in [1.82, 2.24) is 10.2 Å². The summed E-state index contributed by atoms with van der Waals surface area (Å²) >= 11 is 0. The van der Waals surface area contributed by atoms with Gasteiger partial charge in [0.25, 0.3) is 0 Å². The lowest BCUT2D eigenvalue weighted by Gasteiger charge is -2.26. The van der Waals surface area contributed by atoms with Crippen molar-refractivity contribution < 1.29 is 19.0 Å². The first-order valence-electron chi connectivity index (χ1n) is 6.83. The van der Waals surface area contributed by atoms with Gasteiger partial charge in [0.2, 0.25) is 6.79 Å². The Balaban J connectivity index is 1.49. The molecule has 20 heavy (non-hydrogen) atoms. The van der Waals surface area contributed by atoms with Crippen LogP contribution in [-0.2, 0) is 4.74 Å². The fraction of sp³-hybridized carbons (Fsp3) is 0.500. The summed E-state index contributed by atoms with van der Waals surface area (Å²) in [6.07, 6.45) is 0. The van der Waals surface area contributed by atoms with Crippen LogP contribution in [0.3, 0.4) is 0 Å². The van der Waals surface area contributed by atoms with Gasteiger partial charge in [0.15, 0.2) is 11.5 Å². The molecule has 1 fully saturated rings. The van der Waals surface area contributed by atoms with Gasteiger partial charge >= 0.3 is 5.97 Å². The lowest BCUT2D eigenvalue weighted by molar-refractivity contribution is 0.0455. The minimum atomic E-state index is -0.321. The molecule has 0 aliphatic carbocycles. The van der Waals surface area contributed by atoms with Gasteiger partial charge in [0.1, 0.15) is 6.61 Å². The molecule has 6 nitrogen and oxygen atoms in total. The van der Waals surface area contributed by atoms with E-state index in [-0.39, 0.29) is 12.8 Å². The molecule has 0 saturated carbocycles. The fourth-order valence-electron chi connectivity index (χ4n) is 2.31. The zero-order chi connectivity index (χ0) is 13.8. The number of rotatable bonds is 4. The largest absolute Gasteiger partial charge is 0.461 e. The molecule has 2 aliphatic rings. The SMILES string of the molecule is O=C(OCCN1CCNCC1)c1ccc2c(c1)OCO2. The topological polar surface area (TPSA) is 60.0 Å². The molecule has 1 N–H and O–H groups in total. The van der Waals surface area contributed by atoms with E-state index in [2.05, 4.69) is 10.2 Å².